The second kappa shape index (κ2) is 7.41. The number of amides is 1. The second-order valence-electron chi connectivity index (χ2n) is 5.57. The van der Waals surface area contributed by atoms with Gasteiger partial charge in [0.05, 0.1) is 0 Å². The largest absolute Gasteiger partial charge is 0.385 e. The number of rotatable bonds is 6. The van der Waals surface area contributed by atoms with Gasteiger partial charge in [0.2, 0.25) is 0 Å². The maximum Gasteiger partial charge on any atom is 0.272 e. The molecule has 1 fully saturated rings. The lowest BCUT2D eigenvalue weighted by atomic mass is 10.2. The summed E-state index contributed by atoms with van der Waals surface area (Å²) in [5, 5.41) is 3.21. The zero-order valence-corrected chi connectivity index (χ0v) is 13.3. The molecular formula is C16H26N4O. The van der Waals surface area contributed by atoms with Gasteiger partial charge in [0.1, 0.15) is 5.69 Å². The lowest BCUT2D eigenvalue weighted by Crippen LogP contribution is -2.41. The van der Waals surface area contributed by atoms with E-state index in [0.29, 0.717) is 11.7 Å². The van der Waals surface area contributed by atoms with E-state index in [9.17, 15) is 4.79 Å². The molecule has 2 rings (SSSR count). The quantitative estimate of drug-likeness (QED) is 0.871. The molecule has 1 aromatic rings. The van der Waals surface area contributed by atoms with E-state index in [1.807, 2.05) is 26.1 Å². The molecule has 1 atom stereocenters. The van der Waals surface area contributed by atoms with Crippen molar-refractivity contribution in [3.05, 3.63) is 24.0 Å². The summed E-state index contributed by atoms with van der Waals surface area (Å²) in [4.78, 5) is 21.0. The van der Waals surface area contributed by atoms with Crippen LogP contribution in [0.1, 0.15) is 37.2 Å². The van der Waals surface area contributed by atoms with E-state index >= 15 is 0 Å². The number of aromatic nitrogens is 1. The SMILES string of the molecule is CCNc1ccnc(C(=O)N(C)CC2CCCN2CC)c1. The van der Waals surface area contributed by atoms with Crippen LogP contribution in [-0.4, -0.2) is 60.0 Å². The number of carbonyl (C=O) groups is 1. The zero-order valence-electron chi connectivity index (χ0n) is 13.3. The lowest BCUT2D eigenvalue weighted by molar-refractivity contribution is 0.0749. The van der Waals surface area contributed by atoms with E-state index in [1.54, 1.807) is 11.1 Å². The topological polar surface area (TPSA) is 48.5 Å². The van der Waals surface area contributed by atoms with Crippen LogP contribution in [0.5, 0.6) is 0 Å². The molecule has 116 valence electrons. The van der Waals surface area contributed by atoms with Crippen LogP contribution in [0.4, 0.5) is 5.69 Å². The van der Waals surface area contributed by atoms with Gasteiger partial charge >= 0.3 is 0 Å². The monoisotopic (exact) mass is 290 g/mol. The van der Waals surface area contributed by atoms with Crippen molar-refractivity contribution in [1.82, 2.24) is 14.8 Å². The predicted octanol–water partition coefficient (Wildman–Crippen LogP) is 2.07. The Morgan fingerprint density at radius 2 is 2.33 bits per heavy atom. The molecule has 1 aliphatic rings. The molecule has 0 aliphatic carbocycles. The number of hydrogen-bond acceptors (Lipinski definition) is 4. The third kappa shape index (κ3) is 3.94. The van der Waals surface area contributed by atoms with Crippen molar-refractivity contribution in [2.45, 2.75) is 32.7 Å². The second-order valence-corrected chi connectivity index (χ2v) is 5.57. The van der Waals surface area contributed by atoms with Gasteiger partial charge in [-0.3, -0.25) is 14.7 Å². The number of nitrogens with one attached hydrogen (secondary N) is 1. The number of carbonyl (C=O) groups excluding carboxylic acids is 1. The van der Waals surface area contributed by atoms with Gasteiger partial charge < -0.3 is 10.2 Å². The maximum absolute atomic E-state index is 12.5. The summed E-state index contributed by atoms with van der Waals surface area (Å²) in [6.45, 7) is 8.04. The van der Waals surface area contributed by atoms with Gasteiger partial charge in [0.25, 0.3) is 5.91 Å². The summed E-state index contributed by atoms with van der Waals surface area (Å²) in [7, 11) is 1.87. The fourth-order valence-electron chi connectivity index (χ4n) is 2.97. The molecule has 0 aromatic carbocycles. The number of pyridine rings is 1. The van der Waals surface area contributed by atoms with Crippen LogP contribution in [0.25, 0.3) is 0 Å². The molecule has 1 saturated heterocycles. The van der Waals surface area contributed by atoms with E-state index in [-0.39, 0.29) is 5.91 Å². The summed E-state index contributed by atoms with van der Waals surface area (Å²) in [5.74, 6) is -0.00212. The van der Waals surface area contributed by atoms with Gasteiger partial charge in [-0.2, -0.15) is 0 Å². The van der Waals surface area contributed by atoms with Crippen LogP contribution in [0.3, 0.4) is 0 Å². The Labute approximate surface area is 127 Å². The Kier molecular flexibility index (Phi) is 5.56. The Hall–Kier alpha value is -1.62. The fraction of sp³-hybridized carbons (Fsp3) is 0.625. The average Bonchev–Trinajstić information content (AvgIpc) is 2.94. The first kappa shape index (κ1) is 15.8. The van der Waals surface area contributed by atoms with Gasteiger partial charge in [-0.05, 0) is 45.0 Å². The van der Waals surface area contributed by atoms with E-state index in [0.717, 1.165) is 31.9 Å². The van der Waals surface area contributed by atoms with Crippen LogP contribution < -0.4 is 5.32 Å². The van der Waals surface area contributed by atoms with E-state index in [1.165, 1.54) is 12.8 Å². The minimum Gasteiger partial charge on any atom is -0.385 e. The van der Waals surface area contributed by atoms with Crippen molar-refractivity contribution >= 4 is 11.6 Å². The van der Waals surface area contributed by atoms with E-state index < -0.39 is 0 Å². The van der Waals surface area contributed by atoms with Gasteiger partial charge in [-0.1, -0.05) is 6.92 Å². The third-order valence-corrected chi connectivity index (χ3v) is 4.10. The minimum atomic E-state index is -0.00212. The van der Waals surface area contributed by atoms with E-state index in [4.69, 9.17) is 0 Å². The molecule has 0 spiro atoms. The standard InChI is InChI=1S/C16H26N4O/c1-4-17-13-8-9-18-15(11-13)16(21)19(3)12-14-7-6-10-20(14)5-2/h8-9,11,14H,4-7,10,12H2,1-3H3,(H,17,18). The average molecular weight is 290 g/mol. The van der Waals surface area contributed by atoms with Gasteiger partial charge in [-0.15, -0.1) is 0 Å². The fourth-order valence-corrected chi connectivity index (χ4v) is 2.97. The molecule has 5 heteroatoms. The first-order valence-electron chi connectivity index (χ1n) is 7.85. The van der Waals surface area contributed by atoms with Crippen molar-refractivity contribution in [2.24, 2.45) is 0 Å². The van der Waals surface area contributed by atoms with Crippen molar-refractivity contribution in [3.8, 4) is 0 Å². The number of anilines is 1. The molecule has 1 unspecified atom stereocenters. The summed E-state index contributed by atoms with van der Waals surface area (Å²) >= 11 is 0. The zero-order chi connectivity index (χ0) is 15.2. The smallest absolute Gasteiger partial charge is 0.272 e. The number of nitrogens with zero attached hydrogens (tertiary/aromatic N) is 3. The molecule has 5 nitrogen and oxygen atoms in total. The Bertz CT molecular complexity index is 477. The number of hydrogen-bond donors (Lipinski definition) is 1. The molecule has 1 aromatic heterocycles. The maximum atomic E-state index is 12.5. The molecule has 0 radical (unpaired) electrons. The van der Waals surface area contributed by atoms with Gasteiger partial charge in [0.15, 0.2) is 0 Å². The highest BCUT2D eigenvalue weighted by atomic mass is 16.2. The molecule has 2 heterocycles. The Morgan fingerprint density at radius 1 is 1.52 bits per heavy atom. The van der Waals surface area contributed by atoms with Crippen molar-refractivity contribution in [1.29, 1.82) is 0 Å². The summed E-state index contributed by atoms with van der Waals surface area (Å²) in [6.07, 6.45) is 4.10. The molecular weight excluding hydrogens is 264 g/mol. The normalized spacial score (nSPS) is 18.7. The Balaban J connectivity index is 2.00. The Morgan fingerprint density at radius 3 is 3.05 bits per heavy atom. The highest BCUT2D eigenvalue weighted by Gasteiger charge is 2.26. The van der Waals surface area contributed by atoms with Crippen molar-refractivity contribution in [2.75, 3.05) is 38.5 Å². The summed E-state index contributed by atoms with van der Waals surface area (Å²) in [6, 6.07) is 4.20. The highest BCUT2D eigenvalue weighted by Crippen LogP contribution is 2.18. The van der Waals surface area contributed by atoms with Crippen molar-refractivity contribution < 1.29 is 4.79 Å². The van der Waals surface area contributed by atoms with E-state index in [2.05, 4.69) is 22.1 Å². The molecule has 21 heavy (non-hydrogen) atoms. The number of likely N-dealkylation sites (tertiary alicyclic amines) is 1. The minimum absolute atomic E-state index is 0.00212. The first-order chi connectivity index (χ1) is 10.2. The highest BCUT2D eigenvalue weighted by molar-refractivity contribution is 5.93. The molecule has 0 saturated carbocycles. The van der Waals surface area contributed by atoms with Crippen LogP contribution in [0.15, 0.2) is 18.3 Å². The van der Waals surface area contributed by atoms with Gasteiger partial charge in [0, 0.05) is 38.1 Å². The van der Waals surface area contributed by atoms with Gasteiger partial charge in [-0.25, -0.2) is 0 Å². The van der Waals surface area contributed by atoms with Crippen molar-refractivity contribution in [3.63, 3.8) is 0 Å². The van der Waals surface area contributed by atoms with Crippen LogP contribution >= 0.6 is 0 Å². The molecule has 0 bridgehead atoms. The molecule has 1 amide bonds. The summed E-state index contributed by atoms with van der Waals surface area (Å²) < 4.78 is 0. The lowest BCUT2D eigenvalue weighted by Gasteiger charge is -2.27. The van der Waals surface area contributed by atoms with Crippen LogP contribution in [-0.2, 0) is 0 Å². The first-order valence-corrected chi connectivity index (χ1v) is 7.85. The molecule has 1 aliphatic heterocycles. The predicted molar refractivity (Wildman–Crippen MR) is 85.6 cm³/mol. The van der Waals surface area contributed by atoms with Crippen LogP contribution in [0.2, 0.25) is 0 Å². The third-order valence-electron chi connectivity index (χ3n) is 4.10. The summed E-state index contributed by atoms with van der Waals surface area (Å²) in [5.41, 5.74) is 1.46. The number of likely N-dealkylation sites (N-methyl/N-ethyl adjacent to an activating group) is 2. The van der Waals surface area contributed by atoms with Crippen LogP contribution in [0, 0.1) is 0 Å². The molecule has 1 N–H and O–H groups in total.